The normalized spacial score (nSPS) is 10.6. The summed E-state index contributed by atoms with van der Waals surface area (Å²) in [6.45, 7) is 4.57. The van der Waals surface area contributed by atoms with Crippen molar-refractivity contribution in [3.8, 4) is 11.5 Å². The van der Waals surface area contributed by atoms with Crippen LogP contribution in [0.1, 0.15) is 12.6 Å². The second-order valence-corrected chi connectivity index (χ2v) is 3.93. The Balaban J connectivity index is 2.88. The monoisotopic (exact) mass is 258 g/mol. The van der Waals surface area contributed by atoms with Gasteiger partial charge >= 0.3 is 0 Å². The number of halogens is 1. The van der Waals surface area contributed by atoms with Gasteiger partial charge in [-0.3, -0.25) is 9.88 Å². The first-order valence-corrected chi connectivity index (χ1v) is 6.14. The van der Waals surface area contributed by atoms with Crippen LogP contribution < -0.4 is 9.47 Å². The lowest BCUT2D eigenvalue weighted by molar-refractivity contribution is 0.282. The van der Waals surface area contributed by atoms with Crippen LogP contribution in [0.15, 0.2) is 12.3 Å². The predicted octanol–water partition coefficient (Wildman–Crippen LogP) is 2.16. The minimum atomic E-state index is 0.611. The van der Waals surface area contributed by atoms with Crippen molar-refractivity contribution in [2.24, 2.45) is 0 Å². The number of pyridine rings is 1. The van der Waals surface area contributed by atoms with Gasteiger partial charge in [0.15, 0.2) is 11.5 Å². The molecule has 0 saturated heterocycles. The van der Waals surface area contributed by atoms with Crippen molar-refractivity contribution in [1.82, 2.24) is 9.88 Å². The summed E-state index contributed by atoms with van der Waals surface area (Å²) in [6, 6.07) is 1.79. The highest BCUT2D eigenvalue weighted by Crippen LogP contribution is 2.29. The molecule has 96 valence electrons. The third-order valence-electron chi connectivity index (χ3n) is 2.59. The lowest BCUT2D eigenvalue weighted by atomic mass is 10.2. The SMILES string of the molecule is CCN(CCCl)Cc1nccc(OC)c1OC. The van der Waals surface area contributed by atoms with E-state index in [1.165, 1.54) is 0 Å². The highest BCUT2D eigenvalue weighted by Gasteiger charge is 2.13. The van der Waals surface area contributed by atoms with Gasteiger partial charge in [0.25, 0.3) is 0 Å². The van der Waals surface area contributed by atoms with E-state index in [4.69, 9.17) is 21.1 Å². The third-order valence-corrected chi connectivity index (χ3v) is 2.76. The fourth-order valence-electron chi connectivity index (χ4n) is 1.64. The molecule has 17 heavy (non-hydrogen) atoms. The maximum atomic E-state index is 5.76. The summed E-state index contributed by atoms with van der Waals surface area (Å²) in [4.78, 5) is 6.54. The van der Waals surface area contributed by atoms with E-state index in [-0.39, 0.29) is 0 Å². The summed E-state index contributed by atoms with van der Waals surface area (Å²) in [6.07, 6.45) is 1.73. The molecule has 4 nitrogen and oxygen atoms in total. The zero-order chi connectivity index (χ0) is 12.7. The Hall–Kier alpha value is -1.00. The Morgan fingerprint density at radius 1 is 1.35 bits per heavy atom. The van der Waals surface area contributed by atoms with Gasteiger partial charge in [-0.25, -0.2) is 0 Å². The molecule has 5 heteroatoms. The Labute approximate surface area is 107 Å². The van der Waals surface area contributed by atoms with Gasteiger partial charge in [-0.15, -0.1) is 11.6 Å². The van der Waals surface area contributed by atoms with Crippen molar-refractivity contribution in [1.29, 1.82) is 0 Å². The quantitative estimate of drug-likeness (QED) is 0.702. The summed E-state index contributed by atoms with van der Waals surface area (Å²) in [5.41, 5.74) is 0.874. The summed E-state index contributed by atoms with van der Waals surface area (Å²) in [5.74, 6) is 2.02. The molecule has 0 saturated carbocycles. The average Bonchev–Trinajstić information content (AvgIpc) is 2.37. The number of alkyl halides is 1. The number of rotatable bonds is 7. The van der Waals surface area contributed by atoms with Gasteiger partial charge in [0.2, 0.25) is 0 Å². The van der Waals surface area contributed by atoms with E-state index in [1.807, 2.05) is 0 Å². The summed E-state index contributed by atoms with van der Waals surface area (Å²) in [5, 5.41) is 0. The molecule has 1 heterocycles. The van der Waals surface area contributed by atoms with Gasteiger partial charge in [-0.2, -0.15) is 0 Å². The van der Waals surface area contributed by atoms with E-state index in [2.05, 4.69) is 16.8 Å². The van der Waals surface area contributed by atoms with E-state index >= 15 is 0 Å². The number of nitrogens with zero attached hydrogens (tertiary/aromatic N) is 2. The molecule has 0 amide bonds. The zero-order valence-electron chi connectivity index (χ0n) is 10.6. The number of aromatic nitrogens is 1. The van der Waals surface area contributed by atoms with Crippen LogP contribution in [-0.4, -0.2) is 43.1 Å². The van der Waals surface area contributed by atoms with Crippen LogP contribution in [0, 0.1) is 0 Å². The van der Waals surface area contributed by atoms with Crippen LogP contribution in [0.4, 0.5) is 0 Å². The Bertz CT molecular complexity index is 347. The molecule has 1 rings (SSSR count). The van der Waals surface area contributed by atoms with Crippen molar-refractivity contribution < 1.29 is 9.47 Å². The first kappa shape index (κ1) is 14.1. The van der Waals surface area contributed by atoms with Gasteiger partial charge < -0.3 is 9.47 Å². The third kappa shape index (κ3) is 3.75. The molecule has 0 radical (unpaired) electrons. The molecule has 0 bridgehead atoms. The number of methoxy groups -OCH3 is 2. The lowest BCUT2D eigenvalue weighted by Crippen LogP contribution is -2.25. The molecule has 0 aliphatic carbocycles. The molecule has 0 aliphatic heterocycles. The molecular weight excluding hydrogens is 240 g/mol. The van der Waals surface area contributed by atoms with Crippen LogP contribution >= 0.6 is 11.6 Å². The van der Waals surface area contributed by atoms with E-state index in [1.54, 1.807) is 26.5 Å². The maximum Gasteiger partial charge on any atom is 0.183 e. The topological polar surface area (TPSA) is 34.6 Å². The van der Waals surface area contributed by atoms with Crippen LogP contribution in [0.3, 0.4) is 0 Å². The maximum absolute atomic E-state index is 5.76. The van der Waals surface area contributed by atoms with Crippen LogP contribution in [-0.2, 0) is 6.54 Å². The van der Waals surface area contributed by atoms with E-state index in [0.29, 0.717) is 23.9 Å². The Morgan fingerprint density at radius 2 is 2.12 bits per heavy atom. The minimum Gasteiger partial charge on any atom is -0.493 e. The average molecular weight is 259 g/mol. The molecule has 0 aromatic carbocycles. The van der Waals surface area contributed by atoms with E-state index < -0.39 is 0 Å². The van der Waals surface area contributed by atoms with Crippen molar-refractivity contribution >= 4 is 11.6 Å². The largest absolute Gasteiger partial charge is 0.493 e. The van der Waals surface area contributed by atoms with Crippen LogP contribution in [0.5, 0.6) is 11.5 Å². The molecule has 1 aromatic rings. The fourth-order valence-corrected chi connectivity index (χ4v) is 1.88. The number of hydrogen-bond donors (Lipinski definition) is 0. The summed E-state index contributed by atoms with van der Waals surface area (Å²) in [7, 11) is 3.25. The van der Waals surface area contributed by atoms with E-state index in [9.17, 15) is 0 Å². The highest BCUT2D eigenvalue weighted by atomic mass is 35.5. The number of ether oxygens (including phenoxy) is 2. The van der Waals surface area contributed by atoms with Gasteiger partial charge in [0, 0.05) is 31.2 Å². The summed E-state index contributed by atoms with van der Waals surface area (Å²) < 4.78 is 10.6. The number of hydrogen-bond acceptors (Lipinski definition) is 4. The molecule has 1 aromatic heterocycles. The van der Waals surface area contributed by atoms with E-state index in [0.717, 1.165) is 18.8 Å². The lowest BCUT2D eigenvalue weighted by Gasteiger charge is -2.20. The minimum absolute atomic E-state index is 0.611. The molecule has 0 spiro atoms. The van der Waals surface area contributed by atoms with Crippen LogP contribution in [0.2, 0.25) is 0 Å². The summed E-state index contributed by atoms with van der Waals surface area (Å²) >= 11 is 5.76. The van der Waals surface area contributed by atoms with Gasteiger partial charge in [-0.05, 0) is 6.54 Å². The molecule has 0 N–H and O–H groups in total. The second kappa shape index (κ2) is 7.35. The smallest absolute Gasteiger partial charge is 0.183 e. The predicted molar refractivity (Wildman–Crippen MR) is 69.0 cm³/mol. The van der Waals surface area contributed by atoms with Gasteiger partial charge in [0.1, 0.15) is 5.69 Å². The van der Waals surface area contributed by atoms with Gasteiger partial charge in [-0.1, -0.05) is 6.92 Å². The van der Waals surface area contributed by atoms with Crippen LogP contribution in [0.25, 0.3) is 0 Å². The first-order valence-electron chi connectivity index (χ1n) is 5.61. The first-order chi connectivity index (χ1) is 8.26. The Morgan fingerprint density at radius 3 is 2.65 bits per heavy atom. The second-order valence-electron chi connectivity index (χ2n) is 3.55. The van der Waals surface area contributed by atoms with Crippen molar-refractivity contribution in [2.75, 3.05) is 33.2 Å². The molecule has 0 atom stereocenters. The van der Waals surface area contributed by atoms with Crippen molar-refractivity contribution in [3.05, 3.63) is 18.0 Å². The molecular formula is C12H19ClN2O2. The van der Waals surface area contributed by atoms with Gasteiger partial charge in [0.05, 0.1) is 14.2 Å². The Kier molecular flexibility index (Phi) is 6.08. The molecule has 0 unspecified atom stereocenters. The standard InChI is InChI=1S/C12H19ClN2O2/c1-4-15(8-6-13)9-10-12(17-3)11(16-2)5-7-14-10/h5,7H,4,6,8-9H2,1-3H3. The van der Waals surface area contributed by atoms with Crippen molar-refractivity contribution in [2.45, 2.75) is 13.5 Å². The zero-order valence-corrected chi connectivity index (χ0v) is 11.3. The fraction of sp³-hybridized carbons (Fsp3) is 0.583. The molecule has 0 aliphatic rings. The van der Waals surface area contributed by atoms with Crippen molar-refractivity contribution in [3.63, 3.8) is 0 Å². The molecule has 0 fully saturated rings. The highest BCUT2D eigenvalue weighted by molar-refractivity contribution is 6.18.